The second kappa shape index (κ2) is 15.5. The molecular formula is C25H39N3O2S6. The molecule has 3 unspecified atom stereocenters. The Bertz CT molecular complexity index is 974. The molecule has 4 rings (SSSR count). The van der Waals surface area contributed by atoms with Crippen LogP contribution in [0, 0.1) is 11.8 Å². The molecule has 3 aliphatic rings. The first-order valence-electron chi connectivity index (χ1n) is 12.9. The largest absolute Gasteiger partial charge is 0.335 e. The number of pyridine rings is 1. The van der Waals surface area contributed by atoms with Crippen molar-refractivity contribution in [3.05, 3.63) is 29.6 Å². The molecule has 202 valence electrons. The first-order chi connectivity index (χ1) is 17.3. The second-order valence-electron chi connectivity index (χ2n) is 9.83. The van der Waals surface area contributed by atoms with E-state index in [2.05, 4.69) is 28.0 Å². The number of hydrogen-bond acceptors (Lipinski definition) is 7. The van der Waals surface area contributed by atoms with Gasteiger partial charge in [-0.05, 0) is 82.5 Å². The van der Waals surface area contributed by atoms with Crippen LogP contribution in [0.2, 0.25) is 0 Å². The summed E-state index contributed by atoms with van der Waals surface area (Å²) in [5.41, 5.74) is 2.53. The third-order valence-electron chi connectivity index (χ3n) is 6.81. The lowest BCUT2D eigenvalue weighted by molar-refractivity contribution is -0.129. The van der Waals surface area contributed by atoms with Crippen LogP contribution < -0.4 is 5.32 Å². The highest BCUT2D eigenvalue weighted by Crippen LogP contribution is 2.29. The molecule has 4 bridgehead atoms. The Morgan fingerprint density at radius 1 is 1.08 bits per heavy atom. The van der Waals surface area contributed by atoms with Crippen molar-refractivity contribution < 1.29 is 9.59 Å². The number of aromatic nitrogens is 1. The average molecular weight is 606 g/mol. The lowest BCUT2D eigenvalue weighted by Crippen LogP contribution is -2.52. The van der Waals surface area contributed by atoms with Gasteiger partial charge < -0.3 is 5.32 Å². The highest BCUT2D eigenvalue weighted by Gasteiger charge is 2.31. The van der Waals surface area contributed by atoms with Crippen LogP contribution in [0.1, 0.15) is 82.3 Å². The molecule has 1 aromatic heterocycles. The second-order valence-corrected chi connectivity index (χ2v) is 19.8. The molecule has 4 heterocycles. The van der Waals surface area contributed by atoms with E-state index >= 15 is 0 Å². The van der Waals surface area contributed by atoms with Crippen molar-refractivity contribution >= 4 is 75.7 Å². The minimum absolute atomic E-state index is 0.0190. The summed E-state index contributed by atoms with van der Waals surface area (Å²) in [6.07, 6.45) is 10.3. The maximum atomic E-state index is 13.2. The summed E-state index contributed by atoms with van der Waals surface area (Å²) in [6.45, 7) is 1.81. The number of nitrogens with one attached hydrogen (secondary N) is 1. The third-order valence-corrected chi connectivity index (χ3v) is 11.8. The molecular weight excluding hydrogens is 567 g/mol. The SMILES string of the molecule is CCC(=O)N(C1CC2CCCCCCC(CCC(=O)N1)CSCc1cncc(c1)CSC2)S(=S)(=S)S. The molecule has 0 aromatic carbocycles. The van der Waals surface area contributed by atoms with E-state index in [1.807, 2.05) is 42.8 Å². The number of nitrogens with zero attached hydrogens (tertiary/aromatic N) is 2. The van der Waals surface area contributed by atoms with Crippen molar-refractivity contribution in [2.75, 3.05) is 11.5 Å². The average Bonchev–Trinajstić information content (AvgIpc) is 2.82. The van der Waals surface area contributed by atoms with Gasteiger partial charge in [0.1, 0.15) is 6.17 Å². The van der Waals surface area contributed by atoms with Crippen LogP contribution in [0.15, 0.2) is 18.5 Å². The lowest BCUT2D eigenvalue weighted by atomic mass is 9.94. The van der Waals surface area contributed by atoms with Gasteiger partial charge in [-0.1, -0.05) is 50.3 Å². The number of rotatable bonds is 3. The fraction of sp³-hybridized carbons (Fsp3) is 0.720. The maximum absolute atomic E-state index is 13.2. The monoisotopic (exact) mass is 605 g/mol. The molecule has 3 aliphatic heterocycles. The van der Waals surface area contributed by atoms with Crippen molar-refractivity contribution in [2.24, 2.45) is 11.8 Å². The topological polar surface area (TPSA) is 62.3 Å². The Morgan fingerprint density at radius 3 is 2.31 bits per heavy atom. The van der Waals surface area contributed by atoms with Gasteiger partial charge in [0.2, 0.25) is 11.8 Å². The summed E-state index contributed by atoms with van der Waals surface area (Å²) in [4.78, 5) is 30.7. The first-order valence-corrected chi connectivity index (χ1v) is 19.7. The number of carbonyl (C=O) groups excluding carboxylic acids is 2. The summed E-state index contributed by atoms with van der Waals surface area (Å²) in [7, 11) is 0. The summed E-state index contributed by atoms with van der Waals surface area (Å²) < 4.78 is 1.54. The number of thiol groups is 1. The Hall–Kier alpha value is -0.0700. The zero-order valence-electron chi connectivity index (χ0n) is 21.1. The normalized spacial score (nSPS) is 25.4. The maximum Gasteiger partial charge on any atom is 0.234 e. The minimum Gasteiger partial charge on any atom is -0.335 e. The molecule has 1 fully saturated rings. The van der Waals surface area contributed by atoms with Gasteiger partial charge in [0.15, 0.2) is 0 Å². The summed E-state index contributed by atoms with van der Waals surface area (Å²) in [5.74, 6) is 4.54. The third kappa shape index (κ3) is 10.2. The molecule has 11 heteroatoms. The van der Waals surface area contributed by atoms with Gasteiger partial charge in [0.25, 0.3) is 0 Å². The summed E-state index contributed by atoms with van der Waals surface area (Å²) >= 11 is 19.5. The highest BCUT2D eigenvalue weighted by molar-refractivity contribution is 8.92. The van der Waals surface area contributed by atoms with Crippen molar-refractivity contribution in [3.63, 3.8) is 0 Å². The fourth-order valence-corrected chi connectivity index (χ4v) is 9.84. The number of hydrogen-bond donors (Lipinski definition) is 2. The van der Waals surface area contributed by atoms with Gasteiger partial charge in [-0.3, -0.25) is 18.9 Å². The van der Waals surface area contributed by atoms with Crippen molar-refractivity contribution in [1.29, 1.82) is 0 Å². The van der Waals surface area contributed by atoms with Crippen molar-refractivity contribution in [2.45, 2.75) is 88.8 Å². The lowest BCUT2D eigenvalue weighted by Gasteiger charge is -2.35. The van der Waals surface area contributed by atoms with Crippen molar-refractivity contribution in [1.82, 2.24) is 14.6 Å². The molecule has 1 saturated heterocycles. The Kier molecular flexibility index (Phi) is 13.1. The first kappa shape index (κ1) is 30.5. The number of thioether (sulfide) groups is 2. The van der Waals surface area contributed by atoms with Gasteiger partial charge in [-0.25, -0.2) is 0 Å². The van der Waals surface area contributed by atoms with Gasteiger partial charge >= 0.3 is 0 Å². The van der Waals surface area contributed by atoms with E-state index in [9.17, 15) is 9.59 Å². The van der Waals surface area contributed by atoms with E-state index in [-0.39, 0.29) is 18.2 Å². The molecule has 0 spiro atoms. The van der Waals surface area contributed by atoms with Gasteiger partial charge in [0.05, 0.1) is 0 Å². The molecule has 0 saturated carbocycles. The quantitative estimate of drug-likeness (QED) is 0.332. The van der Waals surface area contributed by atoms with Gasteiger partial charge in [-0.2, -0.15) is 23.5 Å². The van der Waals surface area contributed by atoms with Gasteiger partial charge in [-0.15, -0.1) is 0 Å². The van der Waals surface area contributed by atoms with Crippen molar-refractivity contribution in [3.8, 4) is 0 Å². The van der Waals surface area contributed by atoms with Crippen LogP contribution >= 0.6 is 35.2 Å². The van der Waals surface area contributed by atoms with E-state index in [4.69, 9.17) is 22.4 Å². The van der Waals surface area contributed by atoms with Crippen LogP contribution in [-0.2, 0) is 49.8 Å². The minimum atomic E-state index is -2.47. The number of amides is 2. The fourth-order valence-electron chi connectivity index (χ4n) is 4.93. The van der Waals surface area contributed by atoms with E-state index in [1.165, 1.54) is 34.7 Å². The zero-order valence-corrected chi connectivity index (χ0v) is 26.0. The molecule has 3 atom stereocenters. The molecule has 2 amide bonds. The molecule has 5 nitrogen and oxygen atoms in total. The Morgan fingerprint density at radius 2 is 1.69 bits per heavy atom. The molecule has 1 aromatic rings. The molecule has 1 N–H and O–H groups in total. The summed E-state index contributed by atoms with van der Waals surface area (Å²) in [6, 6.07) is 2.29. The Balaban J connectivity index is 1.92. The van der Waals surface area contributed by atoms with E-state index < -0.39 is 12.5 Å². The van der Waals surface area contributed by atoms with Crippen LogP contribution in [0.5, 0.6) is 0 Å². The van der Waals surface area contributed by atoms with Crippen LogP contribution in [-0.4, -0.2) is 38.8 Å². The van der Waals surface area contributed by atoms with E-state index in [0.29, 0.717) is 24.7 Å². The number of fused-ring (bicyclic) bond motifs is 14. The Labute approximate surface area is 240 Å². The zero-order chi connectivity index (χ0) is 26.0. The van der Waals surface area contributed by atoms with E-state index in [1.54, 1.807) is 0 Å². The van der Waals surface area contributed by atoms with Crippen LogP contribution in [0.4, 0.5) is 0 Å². The summed E-state index contributed by atoms with van der Waals surface area (Å²) in [5, 5.41) is 3.19. The predicted molar refractivity (Wildman–Crippen MR) is 165 cm³/mol. The smallest absolute Gasteiger partial charge is 0.234 e. The predicted octanol–water partition coefficient (Wildman–Crippen LogP) is 5.84. The number of carbonyl (C=O) groups is 2. The van der Waals surface area contributed by atoms with Crippen LogP contribution in [0.25, 0.3) is 0 Å². The molecule has 0 radical (unpaired) electrons. The van der Waals surface area contributed by atoms with Crippen LogP contribution in [0.3, 0.4) is 0 Å². The van der Waals surface area contributed by atoms with Gasteiger partial charge in [0, 0.05) is 43.1 Å². The highest BCUT2D eigenvalue weighted by atomic mass is 33.5. The van der Waals surface area contributed by atoms with E-state index in [0.717, 1.165) is 48.7 Å². The molecule has 0 aliphatic carbocycles. The molecule has 36 heavy (non-hydrogen) atoms. The standard InChI is InChI=1S/C25H39N3O2S6/c1-2-25(30)28(36(31,32)33)23-12-20-8-6-4-3-5-7-19(9-10-24(29)27-23)15-34-17-21-11-22(14-26-13-21)18-35-16-20/h11,13-14,19-20,23H,2-10,12,15-18H2,1H3,(H,27,29)(H,31,32,33).